The Morgan fingerprint density at radius 3 is 2.22 bits per heavy atom. The van der Waals surface area contributed by atoms with Crippen molar-refractivity contribution in [1.29, 1.82) is 0 Å². The molecule has 5 nitrogen and oxygen atoms in total. The van der Waals surface area contributed by atoms with Crippen LogP contribution < -0.4 is 0 Å². The third kappa shape index (κ3) is 2.15. The largest absolute Gasteiger partial charge is 0.479 e. The normalized spacial score (nSPS) is 34.8. The lowest BCUT2D eigenvalue weighted by Gasteiger charge is -2.55. The Bertz CT molecular complexity index is 378. The first kappa shape index (κ1) is 13.1. The van der Waals surface area contributed by atoms with Crippen molar-refractivity contribution in [3.8, 4) is 0 Å². The summed E-state index contributed by atoms with van der Waals surface area (Å²) in [6, 6.07) is -0.695. The number of halogens is 1. The molecule has 1 N–H and O–H groups in total. The Hall–Kier alpha value is -1.33. The number of aliphatic carboxylic acids is 1. The van der Waals surface area contributed by atoms with Crippen LogP contribution in [0.4, 0.5) is 9.18 Å². The van der Waals surface area contributed by atoms with E-state index in [0.29, 0.717) is 6.42 Å². The van der Waals surface area contributed by atoms with Crippen molar-refractivity contribution in [2.75, 3.05) is 0 Å². The molecule has 0 aromatic rings. The minimum atomic E-state index is -2.19. The summed E-state index contributed by atoms with van der Waals surface area (Å²) in [7, 11) is 0. The van der Waals surface area contributed by atoms with E-state index in [9.17, 15) is 14.0 Å². The maximum atomic E-state index is 14.0. The van der Waals surface area contributed by atoms with E-state index in [0.717, 1.165) is 0 Å². The molecule has 3 fully saturated rings. The van der Waals surface area contributed by atoms with Gasteiger partial charge in [-0.15, -0.1) is 0 Å². The fourth-order valence-electron chi connectivity index (χ4n) is 2.68. The Morgan fingerprint density at radius 2 is 1.83 bits per heavy atom. The van der Waals surface area contributed by atoms with Crippen LogP contribution in [0.3, 0.4) is 0 Å². The fraction of sp³-hybridized carbons (Fsp3) is 0.833. The first-order chi connectivity index (χ1) is 8.12. The minimum Gasteiger partial charge on any atom is -0.479 e. The summed E-state index contributed by atoms with van der Waals surface area (Å²) in [5.74, 6) is -1.43. The monoisotopic (exact) mass is 259 g/mol. The molecule has 0 radical (unpaired) electrons. The van der Waals surface area contributed by atoms with Gasteiger partial charge in [0, 0.05) is 24.9 Å². The number of fused-ring (bicyclic) bond motifs is 2. The molecular weight excluding hydrogens is 241 g/mol. The number of hydrogen-bond acceptors (Lipinski definition) is 3. The number of carbonyl (C=O) groups is 2. The van der Waals surface area contributed by atoms with Crippen LogP contribution in [0.2, 0.25) is 0 Å². The third-order valence-corrected chi connectivity index (χ3v) is 3.44. The molecule has 2 bridgehead atoms. The van der Waals surface area contributed by atoms with E-state index in [1.54, 1.807) is 20.8 Å². The first-order valence-corrected chi connectivity index (χ1v) is 6.06. The number of nitrogens with zero attached hydrogens (tertiary/aromatic N) is 1. The molecule has 0 aromatic heterocycles. The first-order valence-electron chi connectivity index (χ1n) is 6.06. The van der Waals surface area contributed by atoms with E-state index >= 15 is 0 Å². The standard InChI is InChI=1S/C12H18FNO4/c1-11(2,3)18-10(17)14-7-4-8(14)6-12(13,5-7)9(15)16/h7-8H,4-6H2,1-3H3,(H,15,16). The summed E-state index contributed by atoms with van der Waals surface area (Å²) in [5, 5.41) is 8.84. The van der Waals surface area contributed by atoms with Gasteiger partial charge in [-0.2, -0.15) is 0 Å². The molecule has 3 rings (SSSR count). The van der Waals surface area contributed by atoms with Gasteiger partial charge in [0.2, 0.25) is 5.67 Å². The quantitative estimate of drug-likeness (QED) is 0.781. The van der Waals surface area contributed by atoms with E-state index < -0.39 is 23.3 Å². The number of carboxylic acids is 1. The van der Waals surface area contributed by atoms with Gasteiger partial charge in [0.05, 0.1) is 0 Å². The zero-order valence-electron chi connectivity index (χ0n) is 10.8. The SMILES string of the molecule is CC(C)(C)OC(=O)N1C2CC1CC(F)(C(=O)O)C2. The maximum Gasteiger partial charge on any atom is 0.410 e. The minimum absolute atomic E-state index is 0.141. The molecule has 0 aromatic carbocycles. The van der Waals surface area contributed by atoms with Gasteiger partial charge < -0.3 is 14.7 Å². The third-order valence-electron chi connectivity index (χ3n) is 3.44. The highest BCUT2D eigenvalue weighted by Gasteiger charge is 2.58. The van der Waals surface area contributed by atoms with E-state index in [1.165, 1.54) is 4.90 Å². The van der Waals surface area contributed by atoms with Crippen LogP contribution in [0.15, 0.2) is 0 Å². The van der Waals surface area contributed by atoms with E-state index in [2.05, 4.69) is 0 Å². The average molecular weight is 259 g/mol. The molecular formula is C12H18FNO4. The summed E-state index contributed by atoms with van der Waals surface area (Å²) < 4.78 is 19.2. The predicted octanol–water partition coefficient (Wildman–Crippen LogP) is 1.95. The molecule has 2 atom stereocenters. The Kier molecular flexibility index (Phi) is 2.79. The summed E-state index contributed by atoms with van der Waals surface area (Å²) in [4.78, 5) is 24.2. The highest BCUT2D eigenvalue weighted by atomic mass is 19.1. The van der Waals surface area contributed by atoms with Crippen LogP contribution in [-0.4, -0.2) is 45.4 Å². The van der Waals surface area contributed by atoms with E-state index in [1.807, 2.05) is 0 Å². The van der Waals surface area contributed by atoms with Crippen molar-refractivity contribution in [3.05, 3.63) is 0 Å². The molecule has 2 heterocycles. The Labute approximate surface area is 105 Å². The fourth-order valence-corrected chi connectivity index (χ4v) is 2.68. The molecule has 2 saturated heterocycles. The van der Waals surface area contributed by atoms with Crippen molar-refractivity contribution < 1.29 is 23.8 Å². The number of ether oxygens (including phenoxy) is 1. The lowest BCUT2D eigenvalue weighted by molar-refractivity contribution is -0.166. The topological polar surface area (TPSA) is 66.8 Å². The predicted molar refractivity (Wildman–Crippen MR) is 61.0 cm³/mol. The van der Waals surface area contributed by atoms with Gasteiger partial charge in [-0.25, -0.2) is 14.0 Å². The summed E-state index contributed by atoms with van der Waals surface area (Å²) in [5.41, 5.74) is -2.79. The van der Waals surface area contributed by atoms with Crippen LogP contribution >= 0.6 is 0 Å². The van der Waals surface area contributed by atoms with Crippen molar-refractivity contribution >= 4 is 12.1 Å². The summed E-state index contributed by atoms with van der Waals surface area (Å²) in [6.45, 7) is 5.28. The molecule has 2 unspecified atom stereocenters. The molecule has 1 amide bonds. The van der Waals surface area contributed by atoms with Crippen LogP contribution in [0.25, 0.3) is 0 Å². The molecule has 0 spiro atoms. The number of hydrogen-bond donors (Lipinski definition) is 1. The smallest absolute Gasteiger partial charge is 0.410 e. The summed E-state index contributed by atoms with van der Waals surface area (Å²) in [6.07, 6.45) is -0.0925. The van der Waals surface area contributed by atoms with Gasteiger partial charge >= 0.3 is 12.1 Å². The number of amides is 1. The van der Waals surface area contributed by atoms with Crippen LogP contribution in [0.5, 0.6) is 0 Å². The second kappa shape index (κ2) is 3.83. The van der Waals surface area contributed by atoms with E-state index in [4.69, 9.17) is 9.84 Å². The Balaban J connectivity index is 2.02. The number of rotatable bonds is 1. The molecule has 1 aliphatic carbocycles. The van der Waals surface area contributed by atoms with Crippen molar-refractivity contribution in [2.24, 2.45) is 0 Å². The number of piperidine rings is 1. The zero-order valence-corrected chi connectivity index (χ0v) is 10.8. The molecule has 1 saturated carbocycles. The van der Waals surface area contributed by atoms with Crippen molar-refractivity contribution in [2.45, 2.75) is 63.4 Å². The zero-order chi connectivity index (χ0) is 13.7. The molecule has 2 aliphatic heterocycles. The van der Waals surface area contributed by atoms with Crippen molar-refractivity contribution in [3.63, 3.8) is 0 Å². The number of carbonyl (C=O) groups excluding carboxylic acids is 1. The highest BCUT2D eigenvalue weighted by Crippen LogP contribution is 2.45. The number of carboxylic acid groups (broad SMARTS) is 1. The number of alkyl halides is 1. The van der Waals surface area contributed by atoms with E-state index in [-0.39, 0.29) is 24.9 Å². The van der Waals surface area contributed by atoms with Gasteiger partial charge in [-0.1, -0.05) is 0 Å². The van der Waals surface area contributed by atoms with Crippen LogP contribution in [-0.2, 0) is 9.53 Å². The van der Waals surface area contributed by atoms with Crippen molar-refractivity contribution in [1.82, 2.24) is 4.90 Å². The molecule has 102 valence electrons. The lowest BCUT2D eigenvalue weighted by atomic mass is 9.72. The summed E-state index contributed by atoms with van der Waals surface area (Å²) >= 11 is 0. The van der Waals surface area contributed by atoms with Crippen LogP contribution in [0.1, 0.15) is 40.0 Å². The van der Waals surface area contributed by atoms with Gasteiger partial charge in [-0.05, 0) is 27.2 Å². The second-order valence-electron chi connectivity index (χ2n) is 6.11. The Morgan fingerprint density at radius 1 is 1.33 bits per heavy atom. The molecule has 3 aliphatic rings. The lowest BCUT2D eigenvalue weighted by Crippen LogP contribution is -2.68. The molecule has 18 heavy (non-hydrogen) atoms. The molecule has 6 heteroatoms. The van der Waals surface area contributed by atoms with Gasteiger partial charge in [-0.3, -0.25) is 0 Å². The van der Waals surface area contributed by atoms with Crippen LogP contribution in [0, 0.1) is 0 Å². The maximum absolute atomic E-state index is 14.0. The highest BCUT2D eigenvalue weighted by molar-refractivity contribution is 5.79. The second-order valence-corrected chi connectivity index (χ2v) is 6.11. The van der Waals surface area contributed by atoms with Gasteiger partial charge in [0.25, 0.3) is 0 Å². The average Bonchev–Trinajstić information content (AvgIpc) is 2.13. The van der Waals surface area contributed by atoms with Gasteiger partial charge in [0.1, 0.15) is 5.60 Å². The van der Waals surface area contributed by atoms with Gasteiger partial charge in [0.15, 0.2) is 0 Å².